The normalized spacial score (nSPS) is 19.2. The molecule has 2 atom stereocenters. The summed E-state index contributed by atoms with van der Waals surface area (Å²) in [5.41, 5.74) is 8.74. The molecule has 6 N–H and O–H groups in total. The molecule has 10 heteroatoms. The number of nitrogen functional groups attached to an aromatic ring is 1. The van der Waals surface area contributed by atoms with E-state index in [0.717, 1.165) is 21.9 Å². The van der Waals surface area contributed by atoms with Crippen molar-refractivity contribution in [3.05, 3.63) is 53.7 Å². The van der Waals surface area contributed by atoms with E-state index in [-0.39, 0.29) is 25.5 Å². The maximum atomic E-state index is 13.1. The van der Waals surface area contributed by atoms with Gasteiger partial charge in [0.15, 0.2) is 12.2 Å². The quantitative estimate of drug-likeness (QED) is 0.395. The minimum atomic E-state index is -1.70. The van der Waals surface area contributed by atoms with E-state index in [1.54, 1.807) is 36.5 Å². The van der Waals surface area contributed by atoms with Crippen LogP contribution in [0.15, 0.2) is 42.6 Å². The second-order valence-corrected chi connectivity index (χ2v) is 8.13. The van der Waals surface area contributed by atoms with E-state index in [9.17, 15) is 19.5 Å². The minimum absolute atomic E-state index is 0.0709. The third-order valence-electron chi connectivity index (χ3n) is 6.00. The van der Waals surface area contributed by atoms with Gasteiger partial charge in [-0.15, -0.1) is 0 Å². The Morgan fingerprint density at radius 3 is 2.91 bits per heavy atom. The van der Waals surface area contributed by atoms with Gasteiger partial charge in [0.25, 0.3) is 11.8 Å². The van der Waals surface area contributed by atoms with Gasteiger partial charge in [0.2, 0.25) is 5.91 Å². The summed E-state index contributed by atoms with van der Waals surface area (Å²) in [7, 11) is 0. The van der Waals surface area contributed by atoms with Gasteiger partial charge < -0.3 is 36.1 Å². The number of nitrogens with one attached hydrogen (secondary N) is 3. The molecule has 0 aliphatic carbocycles. The van der Waals surface area contributed by atoms with E-state index in [1.807, 2.05) is 6.07 Å². The molecule has 0 saturated carbocycles. The SMILES string of the molecule is Nc1[nH]cc2cc(NC(=O)[C@H](O)[C@H]3OCCN(c4ccc5c(c4)CC(=O)NC5)C3=O)ccc12. The summed E-state index contributed by atoms with van der Waals surface area (Å²) in [6.45, 7) is 0.890. The molecule has 5 rings (SSSR count). The first-order valence-corrected chi connectivity index (χ1v) is 10.6. The lowest BCUT2D eigenvalue weighted by atomic mass is 9.99. The van der Waals surface area contributed by atoms with Crippen LogP contribution in [0.3, 0.4) is 0 Å². The lowest BCUT2D eigenvalue weighted by Gasteiger charge is -2.34. The molecular weight excluding hydrogens is 426 g/mol. The highest BCUT2D eigenvalue weighted by molar-refractivity contribution is 6.05. The molecule has 1 saturated heterocycles. The number of ether oxygens (including phenoxy) is 1. The number of aromatic amines is 1. The lowest BCUT2D eigenvalue weighted by Crippen LogP contribution is -2.55. The van der Waals surface area contributed by atoms with Crippen molar-refractivity contribution in [1.82, 2.24) is 10.3 Å². The number of nitrogens with zero attached hydrogens (tertiary/aromatic N) is 1. The Labute approximate surface area is 188 Å². The van der Waals surface area contributed by atoms with Crippen LogP contribution in [0.1, 0.15) is 11.1 Å². The van der Waals surface area contributed by atoms with Crippen molar-refractivity contribution in [3.63, 3.8) is 0 Å². The number of aliphatic hydroxyl groups is 1. The smallest absolute Gasteiger partial charge is 0.259 e. The van der Waals surface area contributed by atoms with E-state index in [4.69, 9.17) is 10.5 Å². The number of H-pyrrole nitrogens is 1. The highest BCUT2D eigenvalue weighted by Gasteiger charge is 2.39. The van der Waals surface area contributed by atoms with Crippen molar-refractivity contribution in [2.24, 2.45) is 0 Å². The van der Waals surface area contributed by atoms with Crippen LogP contribution >= 0.6 is 0 Å². The Morgan fingerprint density at radius 1 is 1.21 bits per heavy atom. The number of rotatable bonds is 4. The fraction of sp³-hybridized carbons (Fsp3) is 0.261. The number of nitrogens with two attached hydrogens (primary N) is 1. The zero-order valence-electron chi connectivity index (χ0n) is 17.6. The summed E-state index contributed by atoms with van der Waals surface area (Å²) in [4.78, 5) is 41.9. The molecule has 10 nitrogen and oxygen atoms in total. The van der Waals surface area contributed by atoms with Gasteiger partial charge in [-0.3, -0.25) is 14.4 Å². The van der Waals surface area contributed by atoms with Crippen molar-refractivity contribution in [1.29, 1.82) is 0 Å². The van der Waals surface area contributed by atoms with Gasteiger partial charge in [0.05, 0.1) is 13.0 Å². The fourth-order valence-corrected chi connectivity index (χ4v) is 4.23. The maximum absolute atomic E-state index is 13.1. The highest BCUT2D eigenvalue weighted by atomic mass is 16.5. The van der Waals surface area contributed by atoms with Gasteiger partial charge in [-0.25, -0.2) is 0 Å². The van der Waals surface area contributed by atoms with Crippen LogP contribution < -0.4 is 21.3 Å². The average molecular weight is 449 g/mol. The Bertz CT molecular complexity index is 1270. The molecule has 3 aromatic rings. The largest absolute Gasteiger partial charge is 0.385 e. The van der Waals surface area contributed by atoms with E-state index < -0.39 is 24.0 Å². The van der Waals surface area contributed by atoms with Crippen molar-refractivity contribution < 1.29 is 24.2 Å². The zero-order valence-corrected chi connectivity index (χ0v) is 17.6. The number of anilines is 3. The molecule has 33 heavy (non-hydrogen) atoms. The van der Waals surface area contributed by atoms with Crippen LogP contribution in [-0.4, -0.2) is 53.2 Å². The number of hydrogen-bond donors (Lipinski definition) is 5. The average Bonchev–Trinajstić information content (AvgIpc) is 3.18. The van der Waals surface area contributed by atoms with Crippen LogP contribution in [-0.2, 0) is 32.1 Å². The van der Waals surface area contributed by atoms with Gasteiger partial charge in [0.1, 0.15) is 5.82 Å². The van der Waals surface area contributed by atoms with Gasteiger partial charge in [0, 0.05) is 41.4 Å². The number of hydrogen-bond acceptors (Lipinski definition) is 6. The fourth-order valence-electron chi connectivity index (χ4n) is 4.23. The van der Waals surface area contributed by atoms with Crippen LogP contribution in [0.5, 0.6) is 0 Å². The highest BCUT2D eigenvalue weighted by Crippen LogP contribution is 2.27. The molecule has 0 bridgehead atoms. The summed E-state index contributed by atoms with van der Waals surface area (Å²) in [5.74, 6) is -0.816. The number of benzene rings is 2. The van der Waals surface area contributed by atoms with Crippen molar-refractivity contribution in [3.8, 4) is 0 Å². The molecule has 2 aliphatic heterocycles. The predicted octanol–water partition coefficient (Wildman–Crippen LogP) is 0.654. The summed E-state index contributed by atoms with van der Waals surface area (Å²) >= 11 is 0. The van der Waals surface area contributed by atoms with Crippen molar-refractivity contribution in [2.75, 3.05) is 29.1 Å². The number of fused-ring (bicyclic) bond motifs is 2. The predicted molar refractivity (Wildman–Crippen MR) is 121 cm³/mol. The molecule has 3 heterocycles. The molecule has 1 aromatic heterocycles. The van der Waals surface area contributed by atoms with Crippen LogP contribution in [0, 0.1) is 0 Å². The monoisotopic (exact) mass is 449 g/mol. The number of aromatic nitrogens is 1. The number of aliphatic hydroxyl groups excluding tert-OH is 1. The molecule has 1 fully saturated rings. The van der Waals surface area contributed by atoms with Crippen LogP contribution in [0.2, 0.25) is 0 Å². The third-order valence-corrected chi connectivity index (χ3v) is 6.00. The Kier molecular flexibility index (Phi) is 5.23. The lowest BCUT2D eigenvalue weighted by molar-refractivity contribution is -0.150. The van der Waals surface area contributed by atoms with Gasteiger partial charge in [-0.1, -0.05) is 6.07 Å². The summed E-state index contributed by atoms with van der Waals surface area (Å²) in [5, 5.41) is 17.6. The number of carbonyl (C=O) groups is 3. The number of amides is 3. The van der Waals surface area contributed by atoms with E-state index in [2.05, 4.69) is 15.6 Å². The van der Waals surface area contributed by atoms with Gasteiger partial charge >= 0.3 is 0 Å². The summed E-state index contributed by atoms with van der Waals surface area (Å²) in [6, 6.07) is 10.6. The van der Waals surface area contributed by atoms with E-state index in [0.29, 0.717) is 23.7 Å². The van der Waals surface area contributed by atoms with Crippen LogP contribution in [0.4, 0.5) is 17.2 Å². The van der Waals surface area contributed by atoms with Crippen LogP contribution in [0.25, 0.3) is 10.8 Å². The second-order valence-electron chi connectivity index (χ2n) is 8.13. The zero-order chi connectivity index (χ0) is 23.1. The number of morpholine rings is 1. The van der Waals surface area contributed by atoms with E-state index in [1.165, 1.54) is 4.90 Å². The second kappa shape index (κ2) is 8.23. The van der Waals surface area contributed by atoms with E-state index >= 15 is 0 Å². The summed E-state index contributed by atoms with van der Waals surface area (Å²) < 4.78 is 5.48. The first-order valence-electron chi connectivity index (χ1n) is 10.6. The molecule has 0 spiro atoms. The summed E-state index contributed by atoms with van der Waals surface area (Å²) in [6.07, 6.45) is -1.09. The molecular formula is C23H23N5O5. The Hall–Kier alpha value is -3.89. The molecule has 2 aliphatic rings. The van der Waals surface area contributed by atoms with Gasteiger partial charge in [-0.2, -0.15) is 0 Å². The maximum Gasteiger partial charge on any atom is 0.259 e. The first kappa shape index (κ1) is 21.0. The Morgan fingerprint density at radius 2 is 2.06 bits per heavy atom. The molecule has 170 valence electrons. The standard InChI is InChI=1S/C23H23N5O5/c24-21-17-4-2-15(7-14(17)11-26-21)27-22(31)19(30)20-23(32)28(5-6-33-20)16-3-1-12-10-25-18(29)9-13(12)8-16/h1-4,7-8,11,19-20,26,30H,5-6,9-10,24H2,(H,25,29)(H,27,31)/t19-,20-/m1/s1. The van der Waals surface area contributed by atoms with Gasteiger partial charge in [-0.05, 0) is 41.5 Å². The molecule has 3 amide bonds. The topological polar surface area (TPSA) is 150 Å². The number of carbonyl (C=O) groups excluding carboxylic acids is 3. The molecule has 0 radical (unpaired) electrons. The minimum Gasteiger partial charge on any atom is -0.385 e. The Balaban J connectivity index is 1.31. The first-order chi connectivity index (χ1) is 15.9. The molecule has 2 aromatic carbocycles. The third kappa shape index (κ3) is 3.90. The van der Waals surface area contributed by atoms with Crippen molar-refractivity contribution >= 4 is 45.7 Å². The van der Waals surface area contributed by atoms with Crippen molar-refractivity contribution in [2.45, 2.75) is 25.2 Å². The molecule has 0 unspecified atom stereocenters.